The van der Waals surface area contributed by atoms with Crippen molar-refractivity contribution in [3.63, 3.8) is 0 Å². The number of benzene rings is 1. The smallest absolute Gasteiger partial charge is 0.123 e. The van der Waals surface area contributed by atoms with Gasteiger partial charge in [0.15, 0.2) is 0 Å². The lowest BCUT2D eigenvalue weighted by Crippen LogP contribution is -2.59. The third-order valence-corrected chi connectivity index (χ3v) is 4.58. The van der Waals surface area contributed by atoms with Crippen molar-refractivity contribution in [2.45, 2.75) is 59.2 Å². The van der Waals surface area contributed by atoms with Crippen LogP contribution in [0.15, 0.2) is 24.3 Å². The van der Waals surface area contributed by atoms with Crippen molar-refractivity contribution in [3.05, 3.63) is 35.6 Å². The normalized spacial score (nSPS) is 24.9. The molecule has 1 fully saturated rings. The van der Waals surface area contributed by atoms with Gasteiger partial charge in [0.25, 0.3) is 0 Å². The predicted octanol–water partition coefficient (Wildman–Crippen LogP) is 4.33. The maximum absolute atomic E-state index is 13.3. The minimum absolute atomic E-state index is 0.108. The molecule has 0 amide bonds. The van der Waals surface area contributed by atoms with Crippen LogP contribution in [0.1, 0.15) is 53.1 Å². The lowest BCUT2D eigenvalue weighted by atomic mass is 9.93. The van der Waals surface area contributed by atoms with Crippen molar-refractivity contribution < 1.29 is 4.39 Å². The zero-order valence-electron chi connectivity index (χ0n) is 14.9. The first-order valence-corrected chi connectivity index (χ1v) is 8.44. The highest BCUT2D eigenvalue weighted by Crippen LogP contribution is 2.34. The molecule has 0 N–H and O–H groups in total. The quantitative estimate of drug-likeness (QED) is 0.820. The van der Waals surface area contributed by atoms with Gasteiger partial charge in [0, 0.05) is 37.3 Å². The van der Waals surface area contributed by atoms with E-state index in [1.54, 1.807) is 12.1 Å². The summed E-state index contributed by atoms with van der Waals surface area (Å²) in [5, 5.41) is 0. The molecule has 124 valence electrons. The second kappa shape index (κ2) is 6.67. The molecule has 0 spiro atoms. The van der Waals surface area contributed by atoms with Gasteiger partial charge in [-0.05, 0) is 51.3 Å². The first-order valence-electron chi connectivity index (χ1n) is 8.44. The van der Waals surface area contributed by atoms with Crippen molar-refractivity contribution in [3.8, 4) is 0 Å². The largest absolute Gasteiger partial charge is 0.297 e. The fraction of sp³-hybridized carbons (Fsp3) is 0.684. The van der Waals surface area contributed by atoms with Crippen LogP contribution >= 0.6 is 0 Å². The first kappa shape index (κ1) is 17.4. The molecule has 3 heteroatoms. The highest BCUT2D eigenvalue weighted by atomic mass is 19.1. The zero-order valence-corrected chi connectivity index (χ0v) is 14.9. The van der Waals surface area contributed by atoms with Crippen LogP contribution in [-0.2, 0) is 0 Å². The molecule has 0 aromatic heterocycles. The van der Waals surface area contributed by atoms with E-state index < -0.39 is 0 Å². The number of rotatable bonds is 3. The SMILES string of the molecule is CC(C)CN1C[C@@H](c2ccc(F)cc2)N(C(C)(C)C)C[C@@H]1C. The highest BCUT2D eigenvalue weighted by molar-refractivity contribution is 5.22. The summed E-state index contributed by atoms with van der Waals surface area (Å²) in [6.45, 7) is 16.9. The molecule has 0 aliphatic carbocycles. The van der Waals surface area contributed by atoms with Gasteiger partial charge in [-0.25, -0.2) is 4.39 Å². The van der Waals surface area contributed by atoms with Crippen LogP contribution in [-0.4, -0.2) is 41.0 Å². The fourth-order valence-corrected chi connectivity index (χ4v) is 3.46. The average molecular weight is 306 g/mol. The van der Waals surface area contributed by atoms with Crippen LogP contribution in [0.5, 0.6) is 0 Å². The lowest BCUT2D eigenvalue weighted by Gasteiger charge is -2.51. The molecule has 1 aromatic carbocycles. The summed E-state index contributed by atoms with van der Waals surface area (Å²) in [6, 6.07) is 7.95. The van der Waals surface area contributed by atoms with Crippen LogP contribution in [0, 0.1) is 11.7 Å². The molecule has 1 heterocycles. The minimum Gasteiger partial charge on any atom is -0.297 e. The molecule has 22 heavy (non-hydrogen) atoms. The van der Waals surface area contributed by atoms with Gasteiger partial charge in [0.2, 0.25) is 0 Å². The molecule has 1 aliphatic heterocycles. The molecule has 1 aliphatic rings. The van der Waals surface area contributed by atoms with Crippen LogP contribution in [0.25, 0.3) is 0 Å². The van der Waals surface area contributed by atoms with Crippen LogP contribution in [0.3, 0.4) is 0 Å². The Morgan fingerprint density at radius 3 is 2.23 bits per heavy atom. The fourth-order valence-electron chi connectivity index (χ4n) is 3.46. The molecular weight excluding hydrogens is 275 g/mol. The Labute approximate surface area is 135 Å². The number of nitrogens with zero attached hydrogens (tertiary/aromatic N) is 2. The Kier molecular flexibility index (Phi) is 5.29. The van der Waals surface area contributed by atoms with E-state index in [0.29, 0.717) is 18.0 Å². The molecular formula is C19H31FN2. The van der Waals surface area contributed by atoms with Gasteiger partial charge in [-0.3, -0.25) is 9.80 Å². The molecule has 0 unspecified atom stereocenters. The molecule has 2 atom stereocenters. The van der Waals surface area contributed by atoms with Crippen molar-refractivity contribution in [2.75, 3.05) is 19.6 Å². The van der Waals surface area contributed by atoms with E-state index in [9.17, 15) is 4.39 Å². The molecule has 0 radical (unpaired) electrons. The summed E-state index contributed by atoms with van der Waals surface area (Å²) < 4.78 is 13.3. The van der Waals surface area contributed by atoms with E-state index in [0.717, 1.165) is 19.6 Å². The number of halogens is 1. The van der Waals surface area contributed by atoms with Gasteiger partial charge in [-0.1, -0.05) is 26.0 Å². The van der Waals surface area contributed by atoms with Gasteiger partial charge >= 0.3 is 0 Å². The maximum Gasteiger partial charge on any atom is 0.123 e. The third-order valence-electron chi connectivity index (χ3n) is 4.58. The van der Waals surface area contributed by atoms with Gasteiger partial charge in [0.1, 0.15) is 5.82 Å². The van der Waals surface area contributed by atoms with E-state index in [2.05, 4.69) is 51.3 Å². The van der Waals surface area contributed by atoms with Gasteiger partial charge in [-0.2, -0.15) is 0 Å². The van der Waals surface area contributed by atoms with Crippen LogP contribution in [0.2, 0.25) is 0 Å². The monoisotopic (exact) mass is 306 g/mol. The molecule has 0 saturated carbocycles. The Bertz CT molecular complexity index is 475. The number of hydrogen-bond donors (Lipinski definition) is 0. The van der Waals surface area contributed by atoms with Crippen LogP contribution in [0.4, 0.5) is 4.39 Å². The van der Waals surface area contributed by atoms with E-state index in [1.165, 1.54) is 5.56 Å². The second-order valence-electron chi connectivity index (χ2n) is 8.09. The highest BCUT2D eigenvalue weighted by Gasteiger charge is 2.37. The Morgan fingerprint density at radius 1 is 1.14 bits per heavy atom. The zero-order chi connectivity index (χ0) is 16.5. The first-order chi connectivity index (χ1) is 10.2. The minimum atomic E-state index is -0.158. The number of hydrogen-bond acceptors (Lipinski definition) is 2. The molecule has 0 bridgehead atoms. The predicted molar refractivity (Wildman–Crippen MR) is 91.5 cm³/mol. The van der Waals surface area contributed by atoms with Crippen LogP contribution < -0.4 is 0 Å². The summed E-state index contributed by atoms with van der Waals surface area (Å²) in [7, 11) is 0. The average Bonchev–Trinajstić information content (AvgIpc) is 2.40. The Hall–Kier alpha value is -0.930. The number of piperazine rings is 1. The molecule has 2 nitrogen and oxygen atoms in total. The Balaban J connectivity index is 2.29. The third kappa shape index (κ3) is 4.08. The van der Waals surface area contributed by atoms with E-state index in [4.69, 9.17) is 0 Å². The van der Waals surface area contributed by atoms with Crippen molar-refractivity contribution >= 4 is 0 Å². The van der Waals surface area contributed by atoms with Crippen molar-refractivity contribution in [1.29, 1.82) is 0 Å². The van der Waals surface area contributed by atoms with Gasteiger partial charge in [-0.15, -0.1) is 0 Å². The van der Waals surface area contributed by atoms with Gasteiger partial charge < -0.3 is 0 Å². The van der Waals surface area contributed by atoms with Gasteiger partial charge in [0.05, 0.1) is 0 Å². The topological polar surface area (TPSA) is 6.48 Å². The van der Waals surface area contributed by atoms with E-state index in [1.807, 2.05) is 12.1 Å². The van der Waals surface area contributed by atoms with E-state index in [-0.39, 0.29) is 11.4 Å². The second-order valence-corrected chi connectivity index (χ2v) is 8.09. The standard InChI is InChI=1S/C19H31FN2/c1-14(2)11-21-13-18(16-7-9-17(20)10-8-16)22(12-15(21)3)19(4,5)6/h7-10,14-15,18H,11-13H2,1-6H3/t15-,18-/m0/s1. The summed E-state index contributed by atoms with van der Waals surface area (Å²) in [6.07, 6.45) is 0. The van der Waals surface area contributed by atoms with Crippen molar-refractivity contribution in [2.24, 2.45) is 5.92 Å². The molecule has 1 saturated heterocycles. The van der Waals surface area contributed by atoms with E-state index >= 15 is 0 Å². The molecule has 2 rings (SSSR count). The summed E-state index contributed by atoms with van der Waals surface area (Å²) >= 11 is 0. The summed E-state index contributed by atoms with van der Waals surface area (Å²) in [5.74, 6) is 0.506. The lowest BCUT2D eigenvalue weighted by molar-refractivity contribution is -0.0234. The summed E-state index contributed by atoms with van der Waals surface area (Å²) in [5.41, 5.74) is 1.33. The Morgan fingerprint density at radius 2 is 1.73 bits per heavy atom. The molecule has 1 aromatic rings. The summed E-state index contributed by atoms with van der Waals surface area (Å²) in [4.78, 5) is 5.16. The maximum atomic E-state index is 13.3. The van der Waals surface area contributed by atoms with Crippen molar-refractivity contribution in [1.82, 2.24) is 9.80 Å².